The summed E-state index contributed by atoms with van der Waals surface area (Å²) < 4.78 is 40.7. The van der Waals surface area contributed by atoms with Crippen molar-refractivity contribution in [3.8, 4) is 17.2 Å². The van der Waals surface area contributed by atoms with Crippen molar-refractivity contribution in [3.63, 3.8) is 0 Å². The Balaban J connectivity index is 1.37. The first-order valence-electron chi connectivity index (χ1n) is 9.03. The molecule has 0 amide bonds. The van der Waals surface area contributed by atoms with Gasteiger partial charge in [0.2, 0.25) is 6.79 Å². The summed E-state index contributed by atoms with van der Waals surface area (Å²) in [7, 11) is 1.67. The Morgan fingerprint density at radius 1 is 1.21 bits per heavy atom. The van der Waals surface area contributed by atoms with E-state index < -0.39 is 6.61 Å². The topological polar surface area (TPSA) is 64.1 Å². The first kappa shape index (κ1) is 18.3. The molecule has 4 rings (SSSR count). The van der Waals surface area contributed by atoms with Crippen molar-refractivity contribution in [1.82, 2.24) is 10.6 Å². The van der Waals surface area contributed by atoms with Gasteiger partial charge in [0.1, 0.15) is 5.75 Å². The Labute approximate surface area is 161 Å². The van der Waals surface area contributed by atoms with Gasteiger partial charge < -0.3 is 24.8 Å². The van der Waals surface area contributed by atoms with Crippen molar-refractivity contribution < 1.29 is 23.0 Å². The van der Waals surface area contributed by atoms with Crippen molar-refractivity contribution in [2.75, 3.05) is 20.4 Å². The fraction of sp³-hybridized carbons (Fsp3) is 0.350. The van der Waals surface area contributed by atoms with Crippen LogP contribution in [0.3, 0.4) is 0 Å². The SMILES string of the molecule is CN=C(NCc1cc2c(cc1OC(F)F)OCO2)NCC1Cc2ccccc21. The van der Waals surface area contributed by atoms with Gasteiger partial charge in [0.25, 0.3) is 0 Å². The van der Waals surface area contributed by atoms with Gasteiger partial charge in [-0.05, 0) is 23.6 Å². The summed E-state index contributed by atoms with van der Waals surface area (Å²) in [5.41, 5.74) is 3.27. The number of nitrogens with zero attached hydrogens (tertiary/aromatic N) is 1. The molecule has 148 valence electrons. The van der Waals surface area contributed by atoms with Crippen molar-refractivity contribution in [3.05, 3.63) is 53.1 Å². The Morgan fingerprint density at radius 3 is 2.75 bits per heavy atom. The van der Waals surface area contributed by atoms with E-state index in [-0.39, 0.29) is 19.1 Å². The molecule has 1 aliphatic heterocycles. The highest BCUT2D eigenvalue weighted by atomic mass is 19.3. The average Bonchev–Trinajstić information content (AvgIpc) is 3.11. The van der Waals surface area contributed by atoms with Crippen molar-refractivity contribution in [1.29, 1.82) is 0 Å². The van der Waals surface area contributed by atoms with E-state index in [1.807, 2.05) is 12.1 Å². The lowest BCUT2D eigenvalue weighted by Crippen LogP contribution is -2.40. The molecule has 0 bridgehead atoms. The van der Waals surface area contributed by atoms with Gasteiger partial charge in [0, 0.05) is 37.7 Å². The molecular formula is C20H21F2N3O3. The van der Waals surface area contributed by atoms with Crippen LogP contribution in [-0.4, -0.2) is 33.0 Å². The molecule has 6 nitrogen and oxygen atoms in total. The fourth-order valence-corrected chi connectivity index (χ4v) is 3.47. The lowest BCUT2D eigenvalue weighted by atomic mass is 9.78. The largest absolute Gasteiger partial charge is 0.454 e. The van der Waals surface area contributed by atoms with E-state index in [1.165, 1.54) is 17.2 Å². The lowest BCUT2D eigenvalue weighted by Gasteiger charge is -2.30. The number of hydrogen-bond donors (Lipinski definition) is 2. The minimum atomic E-state index is -2.92. The molecule has 1 atom stereocenters. The van der Waals surface area contributed by atoms with Crippen LogP contribution in [0.5, 0.6) is 17.2 Å². The van der Waals surface area contributed by atoms with E-state index in [2.05, 4.69) is 32.5 Å². The summed E-state index contributed by atoms with van der Waals surface area (Å²) in [6, 6.07) is 11.4. The highest BCUT2D eigenvalue weighted by molar-refractivity contribution is 5.79. The smallest absolute Gasteiger partial charge is 0.387 e. The van der Waals surface area contributed by atoms with Crippen LogP contribution >= 0.6 is 0 Å². The van der Waals surface area contributed by atoms with Gasteiger partial charge in [-0.2, -0.15) is 8.78 Å². The van der Waals surface area contributed by atoms with Crippen LogP contribution in [0.15, 0.2) is 41.4 Å². The molecule has 2 aliphatic rings. The van der Waals surface area contributed by atoms with E-state index in [9.17, 15) is 8.78 Å². The number of nitrogens with one attached hydrogen (secondary N) is 2. The normalized spacial score (nSPS) is 17.1. The summed E-state index contributed by atoms with van der Waals surface area (Å²) >= 11 is 0. The first-order chi connectivity index (χ1) is 13.6. The monoisotopic (exact) mass is 389 g/mol. The molecule has 0 radical (unpaired) electrons. The van der Waals surface area contributed by atoms with Crippen molar-refractivity contribution in [2.45, 2.75) is 25.5 Å². The van der Waals surface area contributed by atoms with Crippen LogP contribution in [0, 0.1) is 0 Å². The first-order valence-corrected chi connectivity index (χ1v) is 9.03. The summed E-state index contributed by atoms with van der Waals surface area (Å²) in [6.07, 6.45) is 1.04. The number of alkyl halides is 2. The summed E-state index contributed by atoms with van der Waals surface area (Å²) in [4.78, 5) is 4.20. The summed E-state index contributed by atoms with van der Waals surface area (Å²) in [5.74, 6) is 1.98. The van der Waals surface area contributed by atoms with E-state index in [0.717, 1.165) is 13.0 Å². The molecule has 0 fully saturated rings. The molecule has 8 heteroatoms. The molecule has 1 aliphatic carbocycles. The zero-order chi connectivity index (χ0) is 19.5. The molecule has 0 aromatic heterocycles. The van der Waals surface area contributed by atoms with Crippen LogP contribution in [0.2, 0.25) is 0 Å². The van der Waals surface area contributed by atoms with Crippen LogP contribution in [-0.2, 0) is 13.0 Å². The molecule has 2 N–H and O–H groups in total. The number of guanidine groups is 1. The fourth-order valence-electron chi connectivity index (χ4n) is 3.47. The number of ether oxygens (including phenoxy) is 3. The molecule has 2 aromatic carbocycles. The molecule has 0 saturated heterocycles. The minimum absolute atomic E-state index is 0.0510. The summed E-state index contributed by atoms with van der Waals surface area (Å²) in [6.45, 7) is -1.86. The predicted molar refractivity (Wildman–Crippen MR) is 100 cm³/mol. The zero-order valence-electron chi connectivity index (χ0n) is 15.4. The summed E-state index contributed by atoms with van der Waals surface area (Å²) in [5, 5.41) is 6.42. The number of fused-ring (bicyclic) bond motifs is 2. The van der Waals surface area contributed by atoms with Gasteiger partial charge in [0.05, 0.1) is 0 Å². The second-order valence-corrected chi connectivity index (χ2v) is 6.60. The molecule has 0 saturated carbocycles. The lowest BCUT2D eigenvalue weighted by molar-refractivity contribution is -0.0505. The molecular weight excluding hydrogens is 368 g/mol. The van der Waals surface area contributed by atoms with E-state index in [1.54, 1.807) is 13.1 Å². The van der Waals surface area contributed by atoms with Gasteiger partial charge in [-0.1, -0.05) is 24.3 Å². The number of halogens is 2. The Bertz CT molecular complexity index is 889. The number of benzene rings is 2. The molecule has 1 heterocycles. The highest BCUT2D eigenvalue weighted by Crippen LogP contribution is 2.38. The Hall–Kier alpha value is -3.03. The van der Waals surface area contributed by atoms with Gasteiger partial charge in [-0.15, -0.1) is 0 Å². The van der Waals surface area contributed by atoms with Crippen LogP contribution in [0.25, 0.3) is 0 Å². The molecule has 28 heavy (non-hydrogen) atoms. The van der Waals surface area contributed by atoms with E-state index in [0.29, 0.717) is 28.9 Å². The third-order valence-electron chi connectivity index (χ3n) is 4.92. The van der Waals surface area contributed by atoms with Gasteiger partial charge in [-0.25, -0.2) is 0 Å². The third-order valence-corrected chi connectivity index (χ3v) is 4.92. The Kier molecular flexibility index (Phi) is 5.18. The van der Waals surface area contributed by atoms with E-state index in [4.69, 9.17) is 9.47 Å². The quantitative estimate of drug-likeness (QED) is 0.587. The maximum Gasteiger partial charge on any atom is 0.387 e. The average molecular weight is 389 g/mol. The van der Waals surface area contributed by atoms with Crippen LogP contribution in [0.1, 0.15) is 22.6 Å². The zero-order valence-corrected chi connectivity index (χ0v) is 15.4. The standard InChI is InChI=1S/C20H21F2N3O3/c1-23-20(24-9-13-6-12-4-2-3-5-15(12)13)25-10-14-7-17-18(27-11-26-17)8-16(14)28-19(21)22/h2-5,7-8,13,19H,6,9-11H2,1H3,(H2,23,24,25). The van der Waals surface area contributed by atoms with E-state index >= 15 is 0 Å². The van der Waals surface area contributed by atoms with Crippen LogP contribution in [0.4, 0.5) is 8.78 Å². The maximum absolute atomic E-state index is 12.7. The van der Waals surface area contributed by atoms with Crippen molar-refractivity contribution >= 4 is 5.96 Å². The highest BCUT2D eigenvalue weighted by Gasteiger charge is 2.25. The van der Waals surface area contributed by atoms with Gasteiger partial charge in [0.15, 0.2) is 17.5 Å². The number of aliphatic imine (C=N–C) groups is 1. The third kappa shape index (κ3) is 3.81. The maximum atomic E-state index is 12.7. The molecule has 2 aromatic rings. The van der Waals surface area contributed by atoms with Crippen molar-refractivity contribution in [2.24, 2.45) is 4.99 Å². The van der Waals surface area contributed by atoms with Gasteiger partial charge >= 0.3 is 6.61 Å². The number of rotatable bonds is 6. The number of hydrogen-bond acceptors (Lipinski definition) is 4. The molecule has 1 unspecified atom stereocenters. The molecule has 0 spiro atoms. The Morgan fingerprint density at radius 2 is 2.00 bits per heavy atom. The second-order valence-electron chi connectivity index (χ2n) is 6.60. The second kappa shape index (κ2) is 7.92. The minimum Gasteiger partial charge on any atom is -0.454 e. The predicted octanol–water partition coefficient (Wildman–Crippen LogP) is 3.02. The van der Waals surface area contributed by atoms with Gasteiger partial charge in [-0.3, -0.25) is 4.99 Å². The van der Waals surface area contributed by atoms with Crippen LogP contribution < -0.4 is 24.8 Å².